The highest BCUT2D eigenvalue weighted by atomic mass is 16.3. The van der Waals surface area contributed by atoms with Crippen LogP contribution in [-0.4, -0.2) is 36.8 Å². The van der Waals surface area contributed by atoms with E-state index in [4.69, 9.17) is 4.98 Å². The molecule has 5 rings (SSSR count). The molecule has 0 aliphatic heterocycles. The van der Waals surface area contributed by atoms with Crippen LogP contribution in [-0.2, 0) is 0 Å². The first-order chi connectivity index (χ1) is 13.3. The molecule has 0 bridgehead atoms. The molecule has 1 fully saturated rings. The second-order valence-electron chi connectivity index (χ2n) is 7.17. The summed E-state index contributed by atoms with van der Waals surface area (Å²) >= 11 is 0. The van der Waals surface area contributed by atoms with Gasteiger partial charge in [-0.2, -0.15) is 5.10 Å². The fraction of sp³-hybridized carbons (Fsp3) is 0.286. The third-order valence-electron chi connectivity index (χ3n) is 5.34. The predicted molar refractivity (Wildman–Crippen MR) is 106 cm³/mol. The summed E-state index contributed by atoms with van der Waals surface area (Å²) in [6, 6.07) is 12.5. The molecule has 3 aromatic heterocycles. The minimum Gasteiger partial charge on any atom is -0.393 e. The van der Waals surface area contributed by atoms with Crippen molar-refractivity contribution in [1.82, 2.24) is 19.6 Å². The number of nitrogens with one attached hydrogen (secondary N) is 1. The van der Waals surface area contributed by atoms with Crippen LogP contribution in [0.3, 0.4) is 0 Å². The van der Waals surface area contributed by atoms with E-state index in [1.165, 1.54) is 0 Å². The number of aliphatic hydroxyl groups is 1. The van der Waals surface area contributed by atoms with Gasteiger partial charge in [0.15, 0.2) is 5.65 Å². The first-order valence-corrected chi connectivity index (χ1v) is 9.41. The van der Waals surface area contributed by atoms with E-state index in [0.717, 1.165) is 59.2 Å². The zero-order chi connectivity index (χ0) is 18.2. The Morgan fingerprint density at radius 2 is 1.85 bits per heavy atom. The summed E-state index contributed by atoms with van der Waals surface area (Å²) in [5.74, 6) is 0.846. The number of rotatable bonds is 3. The lowest BCUT2D eigenvalue weighted by atomic mass is 9.93. The summed E-state index contributed by atoms with van der Waals surface area (Å²) in [5, 5.41) is 18.8. The highest BCUT2D eigenvalue weighted by Gasteiger charge is 2.20. The monoisotopic (exact) mass is 359 g/mol. The van der Waals surface area contributed by atoms with Gasteiger partial charge >= 0.3 is 0 Å². The molecule has 0 atom stereocenters. The number of fused-ring (bicyclic) bond motifs is 2. The van der Waals surface area contributed by atoms with E-state index in [9.17, 15) is 5.11 Å². The Bertz CT molecular complexity index is 1090. The molecule has 136 valence electrons. The molecule has 1 aromatic carbocycles. The lowest BCUT2D eigenvalue weighted by Crippen LogP contribution is -2.28. The summed E-state index contributed by atoms with van der Waals surface area (Å²) in [6.07, 6.45) is 9.07. The van der Waals surface area contributed by atoms with E-state index >= 15 is 0 Å². The van der Waals surface area contributed by atoms with Gasteiger partial charge in [-0.05, 0) is 37.8 Å². The Morgan fingerprint density at radius 3 is 2.74 bits per heavy atom. The van der Waals surface area contributed by atoms with Crippen molar-refractivity contribution in [3.05, 3.63) is 55.0 Å². The lowest BCUT2D eigenvalue weighted by molar-refractivity contribution is 0.126. The Kier molecular flexibility index (Phi) is 3.98. The molecule has 0 unspecified atom stereocenters. The molecule has 0 saturated heterocycles. The van der Waals surface area contributed by atoms with Crippen molar-refractivity contribution in [2.24, 2.45) is 0 Å². The topological polar surface area (TPSA) is 75.3 Å². The first-order valence-electron chi connectivity index (χ1n) is 9.41. The minimum atomic E-state index is -0.154. The second-order valence-corrected chi connectivity index (χ2v) is 7.17. The number of aliphatic hydroxyl groups excluding tert-OH is 1. The number of hydrogen-bond acceptors (Lipinski definition) is 5. The van der Waals surface area contributed by atoms with Gasteiger partial charge in [0.05, 0.1) is 17.8 Å². The molecule has 6 nitrogen and oxygen atoms in total. The zero-order valence-electron chi connectivity index (χ0n) is 14.9. The zero-order valence-corrected chi connectivity index (χ0v) is 14.9. The molecule has 6 heteroatoms. The first kappa shape index (κ1) is 16.2. The second kappa shape index (κ2) is 6.63. The third-order valence-corrected chi connectivity index (χ3v) is 5.34. The molecular weight excluding hydrogens is 338 g/mol. The van der Waals surface area contributed by atoms with Crippen molar-refractivity contribution in [3.8, 4) is 11.1 Å². The van der Waals surface area contributed by atoms with Crippen molar-refractivity contribution in [2.75, 3.05) is 5.32 Å². The standard InChI is InChI=1S/C21H21N5O/c27-16-8-6-15(7-9-16)24-19-10-12-26-21(25-19)18(13-23-26)17-5-1-3-14-4-2-11-22-20(14)17/h1-5,10-13,15-16,27H,6-9H2,(H,24,25). The van der Waals surface area contributed by atoms with Gasteiger partial charge < -0.3 is 10.4 Å². The Labute approximate surface area is 156 Å². The van der Waals surface area contributed by atoms with Crippen LogP contribution in [0, 0.1) is 0 Å². The quantitative estimate of drug-likeness (QED) is 0.584. The Balaban J connectivity index is 1.54. The number of para-hydroxylation sites is 1. The molecule has 1 aliphatic rings. The fourth-order valence-electron chi connectivity index (χ4n) is 3.89. The average molecular weight is 359 g/mol. The highest BCUT2D eigenvalue weighted by Crippen LogP contribution is 2.30. The number of anilines is 1. The number of hydrogen-bond donors (Lipinski definition) is 2. The van der Waals surface area contributed by atoms with Crippen molar-refractivity contribution in [2.45, 2.75) is 37.8 Å². The van der Waals surface area contributed by atoms with Crippen LogP contribution in [0.4, 0.5) is 5.82 Å². The van der Waals surface area contributed by atoms with Crippen LogP contribution in [0.5, 0.6) is 0 Å². The molecule has 1 saturated carbocycles. The van der Waals surface area contributed by atoms with E-state index in [0.29, 0.717) is 6.04 Å². The lowest BCUT2D eigenvalue weighted by Gasteiger charge is -2.26. The summed E-state index contributed by atoms with van der Waals surface area (Å²) in [6.45, 7) is 0. The van der Waals surface area contributed by atoms with Crippen LogP contribution in [0.1, 0.15) is 25.7 Å². The molecule has 4 aromatic rings. The average Bonchev–Trinajstić information content (AvgIpc) is 3.12. The molecule has 1 aliphatic carbocycles. The fourth-order valence-corrected chi connectivity index (χ4v) is 3.89. The van der Waals surface area contributed by atoms with E-state index in [1.807, 2.05) is 36.8 Å². The van der Waals surface area contributed by atoms with Crippen molar-refractivity contribution in [3.63, 3.8) is 0 Å². The maximum absolute atomic E-state index is 9.69. The maximum Gasteiger partial charge on any atom is 0.165 e. The summed E-state index contributed by atoms with van der Waals surface area (Å²) in [5.41, 5.74) is 3.78. The van der Waals surface area contributed by atoms with Crippen LogP contribution in [0.2, 0.25) is 0 Å². The number of aromatic nitrogens is 4. The maximum atomic E-state index is 9.69. The van der Waals surface area contributed by atoms with Crippen LogP contribution < -0.4 is 5.32 Å². The summed E-state index contributed by atoms with van der Waals surface area (Å²) in [4.78, 5) is 9.39. The van der Waals surface area contributed by atoms with Crippen molar-refractivity contribution >= 4 is 22.4 Å². The molecule has 0 amide bonds. The van der Waals surface area contributed by atoms with Crippen molar-refractivity contribution < 1.29 is 5.11 Å². The SMILES string of the molecule is OC1CCC(Nc2ccn3ncc(-c4cccc5cccnc45)c3n2)CC1. The predicted octanol–water partition coefficient (Wildman–Crippen LogP) is 3.66. The smallest absolute Gasteiger partial charge is 0.165 e. The van der Waals surface area contributed by atoms with Gasteiger partial charge in [0.25, 0.3) is 0 Å². The molecule has 0 spiro atoms. The van der Waals surface area contributed by atoms with E-state index in [2.05, 4.69) is 33.6 Å². The van der Waals surface area contributed by atoms with Gasteiger partial charge in [-0.1, -0.05) is 24.3 Å². The molecule has 3 heterocycles. The Hall–Kier alpha value is -2.99. The van der Waals surface area contributed by atoms with Crippen LogP contribution in [0.25, 0.3) is 27.7 Å². The molecule has 2 N–H and O–H groups in total. The number of nitrogens with zero attached hydrogens (tertiary/aromatic N) is 4. The van der Waals surface area contributed by atoms with Gasteiger partial charge in [0.1, 0.15) is 5.82 Å². The summed E-state index contributed by atoms with van der Waals surface area (Å²) < 4.78 is 1.80. The minimum absolute atomic E-state index is 0.154. The van der Waals surface area contributed by atoms with Gasteiger partial charge in [0, 0.05) is 34.9 Å². The van der Waals surface area contributed by atoms with Gasteiger partial charge in [-0.3, -0.25) is 4.98 Å². The summed E-state index contributed by atoms with van der Waals surface area (Å²) in [7, 11) is 0. The van der Waals surface area contributed by atoms with Crippen LogP contribution in [0.15, 0.2) is 55.0 Å². The largest absolute Gasteiger partial charge is 0.393 e. The van der Waals surface area contributed by atoms with Crippen molar-refractivity contribution in [1.29, 1.82) is 0 Å². The van der Waals surface area contributed by atoms with E-state index in [1.54, 1.807) is 4.52 Å². The van der Waals surface area contributed by atoms with E-state index in [-0.39, 0.29) is 6.10 Å². The number of pyridine rings is 1. The normalized spacial score (nSPS) is 20.2. The highest BCUT2D eigenvalue weighted by molar-refractivity contribution is 5.96. The van der Waals surface area contributed by atoms with Gasteiger partial charge in [-0.15, -0.1) is 0 Å². The van der Waals surface area contributed by atoms with E-state index < -0.39 is 0 Å². The number of benzene rings is 1. The van der Waals surface area contributed by atoms with Crippen LogP contribution >= 0.6 is 0 Å². The van der Waals surface area contributed by atoms with Gasteiger partial charge in [-0.25, -0.2) is 9.50 Å². The van der Waals surface area contributed by atoms with Gasteiger partial charge in [0.2, 0.25) is 0 Å². The molecule has 0 radical (unpaired) electrons. The Morgan fingerprint density at radius 1 is 1.00 bits per heavy atom. The molecule has 27 heavy (non-hydrogen) atoms. The molecular formula is C21H21N5O. The third kappa shape index (κ3) is 3.02.